The van der Waals surface area contributed by atoms with Crippen LogP contribution in [0.25, 0.3) is 16.6 Å². The van der Waals surface area contributed by atoms with Crippen LogP contribution >= 0.6 is 0 Å². The minimum atomic E-state index is -4.31. The van der Waals surface area contributed by atoms with Crippen LogP contribution in [0.5, 0.6) is 0 Å². The quantitative estimate of drug-likeness (QED) is 0.538. The fourth-order valence-electron chi connectivity index (χ4n) is 3.16. The molecule has 0 aliphatic carbocycles. The van der Waals surface area contributed by atoms with Crippen molar-refractivity contribution in [3.05, 3.63) is 94.5 Å². The van der Waals surface area contributed by atoms with E-state index < -0.39 is 26.6 Å². The van der Waals surface area contributed by atoms with Crippen molar-refractivity contribution in [2.45, 2.75) is 11.8 Å². The van der Waals surface area contributed by atoms with Crippen LogP contribution in [0, 0.1) is 18.6 Å². The van der Waals surface area contributed by atoms with Crippen LogP contribution in [0.3, 0.4) is 0 Å². The molecule has 0 saturated heterocycles. The number of anilines is 1. The van der Waals surface area contributed by atoms with E-state index >= 15 is 0 Å². The number of sulfonamides is 1. The Kier molecular flexibility index (Phi) is 4.83. The van der Waals surface area contributed by atoms with Crippen molar-refractivity contribution in [1.29, 1.82) is 0 Å². The fourth-order valence-corrected chi connectivity index (χ4v) is 4.27. The maximum absolute atomic E-state index is 13.9. The second-order valence-electron chi connectivity index (χ2n) is 6.55. The lowest BCUT2D eigenvalue weighted by molar-refractivity contribution is 0.551. The molecule has 1 N–H and O–H groups in total. The first-order chi connectivity index (χ1) is 14.3. The summed E-state index contributed by atoms with van der Waals surface area (Å²) in [6, 6.07) is 15.2. The van der Waals surface area contributed by atoms with Crippen LogP contribution in [-0.4, -0.2) is 18.0 Å². The Bertz CT molecular complexity index is 1450. The summed E-state index contributed by atoms with van der Waals surface area (Å²) in [6.07, 6.45) is 0. The third-order valence-electron chi connectivity index (χ3n) is 4.48. The molecule has 0 aliphatic heterocycles. The molecule has 0 bridgehead atoms. The molecule has 6 nitrogen and oxygen atoms in total. The number of halogens is 2. The molecular formula is C21H15F2N3O3S. The van der Waals surface area contributed by atoms with Gasteiger partial charge in [-0.15, -0.1) is 0 Å². The number of aromatic nitrogens is 2. The third-order valence-corrected chi connectivity index (χ3v) is 5.90. The van der Waals surface area contributed by atoms with Crippen molar-refractivity contribution in [2.24, 2.45) is 0 Å². The van der Waals surface area contributed by atoms with Crippen LogP contribution in [0.15, 0.2) is 76.4 Å². The molecule has 0 amide bonds. The van der Waals surface area contributed by atoms with E-state index in [1.54, 1.807) is 43.3 Å². The molecule has 0 atom stereocenters. The monoisotopic (exact) mass is 427 g/mol. The minimum absolute atomic E-state index is 0.107. The topological polar surface area (TPSA) is 81.1 Å². The molecule has 0 fully saturated rings. The summed E-state index contributed by atoms with van der Waals surface area (Å²) in [5.74, 6) is -1.67. The number of fused-ring (bicyclic) bond motifs is 1. The second-order valence-corrected chi connectivity index (χ2v) is 8.20. The van der Waals surface area contributed by atoms with Gasteiger partial charge in [0.25, 0.3) is 15.6 Å². The van der Waals surface area contributed by atoms with Gasteiger partial charge in [-0.2, -0.15) is 0 Å². The Balaban J connectivity index is 1.77. The third kappa shape index (κ3) is 3.55. The van der Waals surface area contributed by atoms with Gasteiger partial charge in [0.1, 0.15) is 22.4 Å². The lowest BCUT2D eigenvalue weighted by Crippen LogP contribution is -2.22. The average Bonchev–Trinajstić information content (AvgIpc) is 2.67. The Morgan fingerprint density at radius 3 is 2.50 bits per heavy atom. The number of rotatable bonds is 4. The summed E-state index contributed by atoms with van der Waals surface area (Å²) in [5, 5.41) is 0.419. The van der Waals surface area contributed by atoms with Crippen LogP contribution < -0.4 is 10.3 Å². The van der Waals surface area contributed by atoms with Crippen molar-refractivity contribution in [3.8, 4) is 5.69 Å². The van der Waals surface area contributed by atoms with Gasteiger partial charge in [0.2, 0.25) is 0 Å². The molecule has 0 radical (unpaired) electrons. The summed E-state index contributed by atoms with van der Waals surface area (Å²) >= 11 is 0. The van der Waals surface area contributed by atoms with Gasteiger partial charge < -0.3 is 0 Å². The maximum atomic E-state index is 13.9. The van der Waals surface area contributed by atoms with E-state index in [0.717, 1.165) is 12.1 Å². The van der Waals surface area contributed by atoms with Gasteiger partial charge in [0.05, 0.1) is 22.3 Å². The number of aryl methyl sites for hydroxylation is 1. The molecule has 4 aromatic rings. The van der Waals surface area contributed by atoms with E-state index in [0.29, 0.717) is 28.5 Å². The highest BCUT2D eigenvalue weighted by atomic mass is 32.2. The summed E-state index contributed by atoms with van der Waals surface area (Å²) in [5.41, 5.74) is 0.744. The van der Waals surface area contributed by atoms with Gasteiger partial charge in [-0.05, 0) is 49.4 Å². The van der Waals surface area contributed by atoms with E-state index in [1.165, 1.54) is 16.7 Å². The number of nitrogens with zero attached hydrogens (tertiary/aromatic N) is 2. The lowest BCUT2D eigenvalue weighted by Gasteiger charge is -2.13. The van der Waals surface area contributed by atoms with Crippen molar-refractivity contribution in [3.63, 3.8) is 0 Å². The van der Waals surface area contributed by atoms with Gasteiger partial charge in [-0.1, -0.05) is 18.2 Å². The van der Waals surface area contributed by atoms with E-state index in [1.807, 2.05) is 0 Å². The molecule has 0 aliphatic rings. The standard InChI is InChI=1S/C21H15F2N3O3S/c1-13-24-19-8-3-2-7-17(19)21(27)26(13)16-6-4-5-15(12-16)25-30(28,29)20-10-9-14(22)11-18(20)23/h2-12,25H,1H3. The van der Waals surface area contributed by atoms with Gasteiger partial charge in [0, 0.05) is 6.07 Å². The van der Waals surface area contributed by atoms with Gasteiger partial charge in [0.15, 0.2) is 0 Å². The van der Waals surface area contributed by atoms with Crippen molar-refractivity contribution >= 4 is 26.6 Å². The fraction of sp³-hybridized carbons (Fsp3) is 0.0476. The van der Waals surface area contributed by atoms with Crippen molar-refractivity contribution in [1.82, 2.24) is 9.55 Å². The largest absolute Gasteiger partial charge is 0.279 e. The molecule has 4 rings (SSSR count). The highest BCUT2D eigenvalue weighted by Crippen LogP contribution is 2.22. The lowest BCUT2D eigenvalue weighted by atomic mass is 10.2. The molecule has 9 heteroatoms. The number of benzene rings is 3. The first kappa shape index (κ1) is 19.7. The molecule has 0 spiro atoms. The first-order valence-electron chi connectivity index (χ1n) is 8.83. The zero-order valence-corrected chi connectivity index (χ0v) is 16.5. The predicted molar refractivity (Wildman–Crippen MR) is 109 cm³/mol. The highest BCUT2D eigenvalue weighted by molar-refractivity contribution is 7.92. The second kappa shape index (κ2) is 7.34. The Morgan fingerprint density at radius 2 is 1.73 bits per heavy atom. The Hall–Kier alpha value is -3.59. The van der Waals surface area contributed by atoms with Crippen molar-refractivity contribution < 1.29 is 17.2 Å². The van der Waals surface area contributed by atoms with E-state index in [9.17, 15) is 22.0 Å². The number of para-hydroxylation sites is 1. The van der Waals surface area contributed by atoms with E-state index in [2.05, 4.69) is 9.71 Å². The van der Waals surface area contributed by atoms with Crippen LogP contribution in [-0.2, 0) is 10.0 Å². The van der Waals surface area contributed by atoms with Crippen LogP contribution in [0.1, 0.15) is 5.82 Å². The Labute approximate surface area is 170 Å². The maximum Gasteiger partial charge on any atom is 0.265 e. The zero-order chi connectivity index (χ0) is 21.5. The highest BCUT2D eigenvalue weighted by Gasteiger charge is 2.20. The summed E-state index contributed by atoms with van der Waals surface area (Å²) in [4.78, 5) is 16.7. The SMILES string of the molecule is Cc1nc2ccccc2c(=O)n1-c1cccc(NS(=O)(=O)c2ccc(F)cc2F)c1. The molecular weight excluding hydrogens is 412 g/mol. The summed E-state index contributed by atoms with van der Waals surface area (Å²) < 4.78 is 55.7. The molecule has 30 heavy (non-hydrogen) atoms. The summed E-state index contributed by atoms with van der Waals surface area (Å²) in [7, 11) is -4.31. The van der Waals surface area contributed by atoms with Gasteiger partial charge in [-0.25, -0.2) is 22.2 Å². The van der Waals surface area contributed by atoms with Gasteiger partial charge in [-0.3, -0.25) is 14.1 Å². The van der Waals surface area contributed by atoms with Gasteiger partial charge >= 0.3 is 0 Å². The number of nitrogens with one attached hydrogen (secondary N) is 1. The predicted octanol–water partition coefficient (Wildman–Crippen LogP) is 3.77. The van der Waals surface area contributed by atoms with Crippen LogP contribution in [0.2, 0.25) is 0 Å². The molecule has 1 heterocycles. The number of hydrogen-bond acceptors (Lipinski definition) is 4. The van der Waals surface area contributed by atoms with Crippen molar-refractivity contribution in [2.75, 3.05) is 4.72 Å². The molecule has 0 unspecified atom stereocenters. The summed E-state index contributed by atoms with van der Waals surface area (Å²) in [6.45, 7) is 1.67. The normalized spacial score (nSPS) is 11.6. The molecule has 3 aromatic carbocycles. The minimum Gasteiger partial charge on any atom is -0.279 e. The van der Waals surface area contributed by atoms with E-state index in [-0.39, 0.29) is 11.2 Å². The molecule has 152 valence electrons. The first-order valence-corrected chi connectivity index (χ1v) is 10.3. The Morgan fingerprint density at radius 1 is 0.967 bits per heavy atom. The van der Waals surface area contributed by atoms with Crippen LogP contribution in [0.4, 0.5) is 14.5 Å². The average molecular weight is 427 g/mol. The number of hydrogen-bond donors (Lipinski definition) is 1. The molecule has 0 saturated carbocycles. The smallest absolute Gasteiger partial charge is 0.265 e. The molecule has 1 aromatic heterocycles. The zero-order valence-electron chi connectivity index (χ0n) is 15.6. The van der Waals surface area contributed by atoms with E-state index in [4.69, 9.17) is 0 Å².